The number of hydrogen-bond donors (Lipinski definition) is 1. The van der Waals surface area contributed by atoms with Crippen LogP contribution in [0.1, 0.15) is 18.4 Å². The third kappa shape index (κ3) is 6.74. The number of nitrogens with zero attached hydrogens (tertiary/aromatic N) is 3. The summed E-state index contributed by atoms with van der Waals surface area (Å²) in [6.07, 6.45) is 2.32. The Balaban J connectivity index is 1.58. The van der Waals surface area contributed by atoms with Gasteiger partial charge >= 0.3 is 0 Å². The molecule has 1 aliphatic heterocycles. The van der Waals surface area contributed by atoms with Crippen LogP contribution in [0.2, 0.25) is 0 Å². The monoisotopic (exact) mass is 755 g/mol. The number of ether oxygens (including phenoxy) is 2. The van der Waals surface area contributed by atoms with Gasteiger partial charge in [-0.3, -0.25) is 4.79 Å². The van der Waals surface area contributed by atoms with Crippen LogP contribution < -0.4 is 4.74 Å². The van der Waals surface area contributed by atoms with Gasteiger partial charge < -0.3 is 29.2 Å². The third-order valence-electron chi connectivity index (χ3n) is 5.87. The fraction of sp³-hybridized carbons (Fsp3) is 0.500. The lowest BCUT2D eigenvalue weighted by molar-refractivity contribution is -0.123. The summed E-state index contributed by atoms with van der Waals surface area (Å²) < 4.78 is 14.0. The number of carbonyl (C=O) groups excluding carboxylic acids is 1. The highest BCUT2D eigenvalue weighted by atomic mass is 79.9. The number of amides is 1. The van der Waals surface area contributed by atoms with Crippen LogP contribution in [0.5, 0.6) is 5.75 Å². The number of allylic oxidation sites excluding steroid dienone is 1. The molecule has 2 aliphatic rings. The van der Waals surface area contributed by atoms with Gasteiger partial charge in [0.1, 0.15) is 23.3 Å². The SMILES string of the molecule is COC1=C(Br)[C@H](O)[C@@]2(C=C1Br)CC(C(=O)N(C)CCc1cc(Br)c(OCCCN(C)C)c(Br)c1)=NO2. The molecule has 1 spiro atoms. The number of aliphatic hydroxyl groups is 1. The van der Waals surface area contributed by atoms with E-state index >= 15 is 0 Å². The molecule has 2 atom stereocenters. The predicted octanol–water partition coefficient (Wildman–Crippen LogP) is 4.96. The second kappa shape index (κ2) is 12.8. The lowest BCUT2D eigenvalue weighted by Crippen LogP contribution is -2.45. The fourth-order valence-electron chi connectivity index (χ4n) is 3.88. The van der Waals surface area contributed by atoms with Crippen LogP contribution in [0.15, 0.2) is 47.0 Å². The zero-order valence-corrected chi connectivity index (χ0v) is 26.8. The van der Waals surface area contributed by atoms with E-state index in [-0.39, 0.29) is 18.0 Å². The first-order valence-electron chi connectivity index (χ1n) is 11.3. The van der Waals surface area contributed by atoms with E-state index in [1.165, 1.54) is 7.11 Å². The number of methoxy groups -OCH3 is 1. The van der Waals surface area contributed by atoms with Gasteiger partial charge in [-0.15, -0.1) is 0 Å². The minimum Gasteiger partial charge on any atom is -0.495 e. The van der Waals surface area contributed by atoms with Gasteiger partial charge in [-0.2, -0.15) is 0 Å². The summed E-state index contributed by atoms with van der Waals surface area (Å²) in [7, 11) is 7.31. The highest BCUT2D eigenvalue weighted by Gasteiger charge is 2.50. The van der Waals surface area contributed by atoms with Gasteiger partial charge in [0.2, 0.25) is 0 Å². The Labute approximate surface area is 245 Å². The summed E-state index contributed by atoms with van der Waals surface area (Å²) in [6, 6.07) is 4.01. The van der Waals surface area contributed by atoms with E-state index < -0.39 is 11.7 Å². The molecule has 3 rings (SSSR count). The lowest BCUT2D eigenvalue weighted by atomic mass is 9.86. The summed E-state index contributed by atoms with van der Waals surface area (Å²) in [5.41, 5.74) is 0.118. The Morgan fingerprint density at radius 3 is 2.47 bits per heavy atom. The molecule has 0 aromatic heterocycles. The molecule has 0 bridgehead atoms. The van der Waals surface area contributed by atoms with Crippen molar-refractivity contribution in [1.29, 1.82) is 0 Å². The van der Waals surface area contributed by atoms with Crippen molar-refractivity contribution in [3.05, 3.63) is 47.4 Å². The molecule has 1 aromatic rings. The molecular weight excluding hydrogens is 730 g/mol. The number of oxime groups is 1. The van der Waals surface area contributed by atoms with Crippen LogP contribution in [0.3, 0.4) is 0 Å². The van der Waals surface area contributed by atoms with Crippen LogP contribution in [0, 0.1) is 0 Å². The van der Waals surface area contributed by atoms with Crippen LogP contribution >= 0.6 is 63.7 Å². The molecule has 1 amide bonds. The van der Waals surface area contributed by atoms with Crippen molar-refractivity contribution in [2.24, 2.45) is 5.16 Å². The maximum atomic E-state index is 13.1. The lowest BCUT2D eigenvalue weighted by Gasteiger charge is -2.33. The van der Waals surface area contributed by atoms with E-state index in [0.717, 1.165) is 33.2 Å². The Morgan fingerprint density at radius 1 is 1.19 bits per heavy atom. The molecule has 1 heterocycles. The van der Waals surface area contributed by atoms with Gasteiger partial charge in [-0.1, -0.05) is 5.16 Å². The van der Waals surface area contributed by atoms with Gasteiger partial charge in [0.05, 0.1) is 31.6 Å². The van der Waals surface area contributed by atoms with Crippen LogP contribution in [-0.4, -0.2) is 86.2 Å². The Bertz CT molecular complexity index is 1070. The van der Waals surface area contributed by atoms with Crippen molar-refractivity contribution in [1.82, 2.24) is 9.80 Å². The van der Waals surface area contributed by atoms with Gasteiger partial charge in [0, 0.05) is 26.6 Å². The average molecular weight is 759 g/mol. The second-order valence-corrected chi connectivity index (χ2v) is 12.3. The molecular formula is C24H29Br4N3O5. The third-order valence-corrected chi connectivity index (χ3v) is 8.43. The maximum Gasteiger partial charge on any atom is 0.271 e. The van der Waals surface area contributed by atoms with E-state index in [2.05, 4.69) is 73.8 Å². The van der Waals surface area contributed by atoms with E-state index in [4.69, 9.17) is 14.3 Å². The number of rotatable bonds is 10. The zero-order chi connectivity index (χ0) is 26.6. The maximum absolute atomic E-state index is 13.1. The van der Waals surface area contributed by atoms with Crippen molar-refractivity contribution in [2.75, 3.05) is 47.9 Å². The van der Waals surface area contributed by atoms with Crippen molar-refractivity contribution in [2.45, 2.75) is 31.0 Å². The summed E-state index contributed by atoms with van der Waals surface area (Å²) in [5, 5.41) is 14.8. The Hall–Kier alpha value is -0.920. The first-order valence-corrected chi connectivity index (χ1v) is 14.4. The topological polar surface area (TPSA) is 83.8 Å². The van der Waals surface area contributed by atoms with Crippen molar-refractivity contribution in [3.63, 3.8) is 0 Å². The van der Waals surface area contributed by atoms with Crippen molar-refractivity contribution < 1.29 is 24.2 Å². The smallest absolute Gasteiger partial charge is 0.271 e. The summed E-state index contributed by atoms with van der Waals surface area (Å²) in [5.74, 6) is 0.989. The second-order valence-electron chi connectivity index (χ2n) is 8.91. The molecule has 0 saturated carbocycles. The van der Waals surface area contributed by atoms with Crippen molar-refractivity contribution >= 4 is 75.3 Å². The quantitative estimate of drug-likeness (QED) is 0.340. The molecule has 1 N–H and O–H groups in total. The van der Waals surface area contributed by atoms with E-state index in [1.807, 2.05) is 26.2 Å². The molecule has 1 aromatic carbocycles. The number of halogens is 4. The molecule has 36 heavy (non-hydrogen) atoms. The Morgan fingerprint density at radius 2 is 1.86 bits per heavy atom. The Kier molecular flexibility index (Phi) is 10.5. The van der Waals surface area contributed by atoms with Gasteiger partial charge in [-0.05, 0) is 114 Å². The summed E-state index contributed by atoms with van der Waals surface area (Å²) >= 11 is 14.0. The van der Waals surface area contributed by atoms with Crippen LogP contribution in [-0.2, 0) is 20.8 Å². The molecule has 198 valence electrons. The van der Waals surface area contributed by atoms with Crippen molar-refractivity contribution in [3.8, 4) is 5.75 Å². The predicted molar refractivity (Wildman–Crippen MR) is 154 cm³/mol. The zero-order valence-electron chi connectivity index (χ0n) is 20.5. The summed E-state index contributed by atoms with van der Waals surface area (Å²) in [6.45, 7) is 2.06. The highest BCUT2D eigenvalue weighted by molar-refractivity contribution is 9.12. The molecule has 0 fully saturated rings. The molecule has 12 heteroatoms. The molecule has 1 aliphatic carbocycles. The largest absolute Gasteiger partial charge is 0.495 e. The standard InChI is InChI=1S/C24H29Br4N3O5/c1-30(2)7-5-9-35-20-15(25)10-14(11-16(20)26)6-8-31(3)23(33)18-13-24(36-29-18)12-17(27)21(34-4)19(28)22(24)32/h10-12,22,32H,5-9,13H2,1-4H3/t22-,24+/m0/s1. The fourth-order valence-corrected chi connectivity index (χ4v) is 7.18. The molecule has 8 nitrogen and oxygen atoms in total. The summed E-state index contributed by atoms with van der Waals surface area (Å²) in [4.78, 5) is 22.4. The normalized spacial score (nSPS) is 21.4. The van der Waals surface area contributed by atoms with Gasteiger partial charge in [-0.25, -0.2) is 0 Å². The van der Waals surface area contributed by atoms with E-state index in [0.29, 0.717) is 34.3 Å². The van der Waals surface area contributed by atoms with Crippen LogP contribution in [0.25, 0.3) is 0 Å². The number of benzene rings is 1. The van der Waals surface area contributed by atoms with Gasteiger partial charge in [0.15, 0.2) is 5.60 Å². The number of hydrogen-bond acceptors (Lipinski definition) is 7. The number of likely N-dealkylation sites (N-methyl/N-ethyl adjacent to an activating group) is 1. The number of aliphatic hydroxyl groups excluding tert-OH is 1. The van der Waals surface area contributed by atoms with Crippen LogP contribution in [0.4, 0.5) is 0 Å². The molecule has 0 saturated heterocycles. The molecule has 0 radical (unpaired) electrons. The first-order chi connectivity index (χ1) is 17.0. The van der Waals surface area contributed by atoms with Gasteiger partial charge in [0.25, 0.3) is 5.91 Å². The minimum atomic E-state index is -1.18. The van der Waals surface area contributed by atoms with E-state index in [1.54, 1.807) is 18.0 Å². The number of carbonyl (C=O) groups is 1. The molecule has 0 unspecified atom stereocenters. The average Bonchev–Trinajstić information content (AvgIpc) is 3.24. The minimum absolute atomic E-state index is 0.134. The van der Waals surface area contributed by atoms with E-state index in [9.17, 15) is 9.90 Å². The first kappa shape index (κ1) is 29.6. The highest BCUT2D eigenvalue weighted by Crippen LogP contribution is 2.44.